The van der Waals surface area contributed by atoms with Gasteiger partial charge in [-0.3, -0.25) is 20.1 Å². The highest BCUT2D eigenvalue weighted by Gasteiger charge is 2.27. The van der Waals surface area contributed by atoms with Crippen molar-refractivity contribution in [3.8, 4) is 6.07 Å². The summed E-state index contributed by atoms with van der Waals surface area (Å²) in [4.78, 5) is 51.3. The minimum atomic E-state index is -1.20. The number of nitrogens with zero attached hydrogens (tertiary/aromatic N) is 6. The van der Waals surface area contributed by atoms with Crippen LogP contribution in [0.2, 0.25) is 0 Å². The molecule has 1 aliphatic heterocycles. The Hall–Kier alpha value is -5.39. The molecule has 250 valence electrons. The molecule has 2 aromatic heterocycles. The summed E-state index contributed by atoms with van der Waals surface area (Å²) in [6.07, 6.45) is 2.15. The molecule has 47 heavy (non-hydrogen) atoms. The standard InChI is InChI=1S/C32H42N10O5/c1-20(2)18-34-31(46)37-28-16-26(30(44)45)39-42(28)14-9-21(3)19-35-32(47)36-27-15-25(38-40(27)4)29(43)41-12-10-24(11-13-41)23-7-5-22(17-33)6-8-23/h5-8,15-16,20-21,24H,9-14,18-19H2,1-4H3,(H,44,45)(H2,34,37,46)(H2,35,36,47). The van der Waals surface area contributed by atoms with E-state index in [1.807, 2.05) is 45.0 Å². The summed E-state index contributed by atoms with van der Waals surface area (Å²) in [5.74, 6) is -0.211. The van der Waals surface area contributed by atoms with E-state index in [0.29, 0.717) is 56.4 Å². The van der Waals surface area contributed by atoms with Crippen LogP contribution in [-0.2, 0) is 13.6 Å². The molecule has 1 aliphatic rings. The van der Waals surface area contributed by atoms with Crippen molar-refractivity contribution in [3.05, 3.63) is 58.9 Å². The summed E-state index contributed by atoms with van der Waals surface area (Å²) >= 11 is 0. The number of rotatable bonds is 12. The number of nitriles is 1. The predicted octanol–water partition coefficient (Wildman–Crippen LogP) is 3.83. The van der Waals surface area contributed by atoms with Gasteiger partial charge in [-0.15, -0.1) is 0 Å². The maximum absolute atomic E-state index is 13.2. The number of aryl methyl sites for hydroxylation is 2. The van der Waals surface area contributed by atoms with Crippen molar-refractivity contribution in [2.75, 3.05) is 36.8 Å². The first-order valence-electron chi connectivity index (χ1n) is 15.7. The van der Waals surface area contributed by atoms with E-state index in [-0.39, 0.29) is 34.9 Å². The van der Waals surface area contributed by atoms with Gasteiger partial charge in [-0.2, -0.15) is 15.5 Å². The minimum Gasteiger partial charge on any atom is -0.476 e. The molecular formula is C32H42N10O5. The molecule has 0 aliphatic carbocycles. The van der Waals surface area contributed by atoms with Gasteiger partial charge in [-0.25, -0.2) is 19.1 Å². The van der Waals surface area contributed by atoms with Crippen LogP contribution in [0, 0.1) is 23.2 Å². The zero-order valence-corrected chi connectivity index (χ0v) is 27.1. The lowest BCUT2D eigenvalue weighted by atomic mass is 9.89. The Morgan fingerprint density at radius 3 is 2.17 bits per heavy atom. The predicted molar refractivity (Wildman–Crippen MR) is 174 cm³/mol. The fraction of sp³-hybridized carbons (Fsp3) is 0.469. The van der Waals surface area contributed by atoms with Gasteiger partial charge in [0, 0.05) is 51.9 Å². The number of benzene rings is 1. The molecule has 0 spiro atoms. The Morgan fingerprint density at radius 2 is 1.55 bits per heavy atom. The van der Waals surface area contributed by atoms with Crippen molar-refractivity contribution in [1.82, 2.24) is 35.1 Å². The molecule has 1 atom stereocenters. The summed E-state index contributed by atoms with van der Waals surface area (Å²) in [6.45, 7) is 8.11. The minimum absolute atomic E-state index is 0.0169. The number of aromatic carboxylic acids is 1. The van der Waals surface area contributed by atoms with Crippen LogP contribution in [-0.4, -0.2) is 79.7 Å². The summed E-state index contributed by atoms with van der Waals surface area (Å²) in [5.41, 5.74) is 1.85. The van der Waals surface area contributed by atoms with E-state index in [9.17, 15) is 24.3 Å². The van der Waals surface area contributed by atoms with Crippen LogP contribution < -0.4 is 21.3 Å². The molecule has 1 aromatic carbocycles. The number of hydrogen-bond donors (Lipinski definition) is 5. The van der Waals surface area contributed by atoms with E-state index in [1.165, 1.54) is 15.4 Å². The largest absolute Gasteiger partial charge is 0.476 e. The van der Waals surface area contributed by atoms with Crippen molar-refractivity contribution in [2.24, 2.45) is 18.9 Å². The number of carboxylic acid groups (broad SMARTS) is 1. The lowest BCUT2D eigenvalue weighted by molar-refractivity contribution is 0.0685. The lowest BCUT2D eigenvalue weighted by Crippen LogP contribution is -2.38. The number of carbonyl (C=O) groups is 4. The highest BCUT2D eigenvalue weighted by atomic mass is 16.4. The second-order valence-electron chi connectivity index (χ2n) is 12.2. The van der Waals surface area contributed by atoms with E-state index >= 15 is 0 Å². The average molecular weight is 647 g/mol. The fourth-order valence-electron chi connectivity index (χ4n) is 5.22. The molecule has 5 amide bonds. The first-order chi connectivity index (χ1) is 22.4. The molecule has 1 unspecified atom stereocenters. The molecule has 0 bridgehead atoms. The first-order valence-corrected chi connectivity index (χ1v) is 15.7. The highest BCUT2D eigenvalue weighted by Crippen LogP contribution is 2.29. The van der Waals surface area contributed by atoms with Crippen LogP contribution in [0.4, 0.5) is 21.2 Å². The van der Waals surface area contributed by atoms with Crippen molar-refractivity contribution in [2.45, 2.75) is 52.5 Å². The number of urea groups is 2. The third kappa shape index (κ3) is 9.55. The van der Waals surface area contributed by atoms with Gasteiger partial charge in [-0.1, -0.05) is 32.9 Å². The number of amides is 5. The monoisotopic (exact) mass is 646 g/mol. The Bertz CT molecular complexity index is 1610. The van der Waals surface area contributed by atoms with Crippen molar-refractivity contribution in [1.29, 1.82) is 5.26 Å². The van der Waals surface area contributed by atoms with Crippen molar-refractivity contribution < 1.29 is 24.3 Å². The van der Waals surface area contributed by atoms with Crippen molar-refractivity contribution >= 4 is 35.6 Å². The number of hydrogen-bond acceptors (Lipinski definition) is 7. The molecular weight excluding hydrogens is 604 g/mol. The van der Waals surface area contributed by atoms with Crippen LogP contribution in [0.25, 0.3) is 0 Å². The molecule has 1 saturated heterocycles. The molecule has 4 rings (SSSR count). The number of aromatic nitrogens is 4. The number of anilines is 2. The Morgan fingerprint density at radius 1 is 0.936 bits per heavy atom. The molecule has 3 heterocycles. The Kier molecular flexibility index (Phi) is 11.6. The van der Waals surface area contributed by atoms with Crippen LogP contribution in [0.5, 0.6) is 0 Å². The Labute approximate surface area is 273 Å². The van der Waals surface area contributed by atoms with Crippen LogP contribution in [0.1, 0.15) is 78.1 Å². The molecule has 3 aromatic rings. The maximum atomic E-state index is 13.2. The van der Waals surface area contributed by atoms with Crippen molar-refractivity contribution in [3.63, 3.8) is 0 Å². The molecule has 15 nitrogen and oxygen atoms in total. The van der Waals surface area contributed by atoms with Gasteiger partial charge in [0.1, 0.15) is 11.6 Å². The molecule has 1 fully saturated rings. The Balaban J connectivity index is 1.24. The first kappa shape index (κ1) is 34.5. The number of piperidine rings is 1. The third-order valence-electron chi connectivity index (χ3n) is 7.99. The smallest absolute Gasteiger partial charge is 0.356 e. The second kappa shape index (κ2) is 15.7. The van der Waals surface area contributed by atoms with Crippen LogP contribution in [0.3, 0.4) is 0 Å². The number of likely N-dealkylation sites (tertiary alicyclic amines) is 1. The SMILES string of the molecule is CC(C)CNC(=O)Nc1cc(C(=O)O)nn1CCC(C)CNC(=O)Nc1cc(C(=O)N2CCC(c3ccc(C#N)cc3)CC2)nn1C. The van der Waals surface area contributed by atoms with Crippen LogP contribution in [0.15, 0.2) is 36.4 Å². The number of carbonyl (C=O) groups excluding carboxylic acids is 3. The highest BCUT2D eigenvalue weighted by molar-refractivity contribution is 5.95. The van der Waals surface area contributed by atoms with Gasteiger partial charge >= 0.3 is 18.0 Å². The van der Waals surface area contributed by atoms with Gasteiger partial charge in [0.2, 0.25) is 0 Å². The van der Waals surface area contributed by atoms with Gasteiger partial charge in [0.25, 0.3) is 5.91 Å². The quantitative estimate of drug-likeness (QED) is 0.195. The molecule has 0 radical (unpaired) electrons. The van der Waals surface area contributed by atoms with E-state index in [0.717, 1.165) is 18.4 Å². The lowest BCUT2D eigenvalue weighted by Gasteiger charge is -2.31. The van der Waals surface area contributed by atoms with E-state index in [2.05, 4.69) is 37.5 Å². The second-order valence-corrected chi connectivity index (χ2v) is 12.2. The van der Waals surface area contributed by atoms with Crippen LogP contribution >= 0.6 is 0 Å². The zero-order valence-electron chi connectivity index (χ0n) is 27.1. The van der Waals surface area contributed by atoms with E-state index in [4.69, 9.17) is 5.26 Å². The zero-order chi connectivity index (χ0) is 34.1. The van der Waals surface area contributed by atoms with Gasteiger partial charge in [-0.05, 0) is 54.7 Å². The molecule has 5 N–H and O–H groups in total. The summed E-state index contributed by atoms with van der Waals surface area (Å²) in [7, 11) is 1.65. The molecule has 0 saturated carbocycles. The van der Waals surface area contributed by atoms with Gasteiger partial charge < -0.3 is 20.6 Å². The van der Waals surface area contributed by atoms with E-state index in [1.54, 1.807) is 18.0 Å². The van der Waals surface area contributed by atoms with Gasteiger partial charge in [0.05, 0.1) is 11.6 Å². The molecule has 15 heteroatoms. The third-order valence-corrected chi connectivity index (χ3v) is 7.99. The normalized spacial score (nSPS) is 13.9. The van der Waals surface area contributed by atoms with E-state index < -0.39 is 18.0 Å². The average Bonchev–Trinajstić information content (AvgIpc) is 3.64. The summed E-state index contributed by atoms with van der Waals surface area (Å²) in [6, 6.07) is 11.7. The van der Waals surface area contributed by atoms with Gasteiger partial charge in [0.15, 0.2) is 11.4 Å². The number of carboxylic acids is 1. The fourth-order valence-corrected chi connectivity index (χ4v) is 5.22. The number of nitrogens with one attached hydrogen (secondary N) is 4. The summed E-state index contributed by atoms with van der Waals surface area (Å²) < 4.78 is 2.88. The topological polar surface area (TPSA) is 199 Å². The maximum Gasteiger partial charge on any atom is 0.356 e. The summed E-state index contributed by atoms with van der Waals surface area (Å²) in [5, 5.41) is 37.7.